The Morgan fingerprint density at radius 2 is 1.90 bits per heavy atom. The molecule has 0 unspecified atom stereocenters. The van der Waals surface area contributed by atoms with E-state index in [1.165, 1.54) is 10.9 Å². The van der Waals surface area contributed by atoms with Crippen molar-refractivity contribution in [2.24, 2.45) is 0 Å². The van der Waals surface area contributed by atoms with E-state index in [2.05, 4.69) is 25.2 Å². The molecule has 1 aromatic heterocycles. The summed E-state index contributed by atoms with van der Waals surface area (Å²) in [5, 5.41) is 1.25. The molecule has 2 rings (SSSR count). The van der Waals surface area contributed by atoms with Crippen LogP contribution < -0.4 is 0 Å². The van der Waals surface area contributed by atoms with Crippen LogP contribution in [0, 0.1) is 7.05 Å². The molecule has 1 nitrogen and oxygen atoms in total. The predicted octanol–water partition coefficient (Wildman–Crippen LogP) is 2.28. The molecule has 0 fully saturated rings. The Bertz CT molecular complexity index is 346. The number of benzene rings is 1. The van der Waals surface area contributed by atoms with Gasteiger partial charge < -0.3 is 4.57 Å². The number of hydrogen-bond donors (Lipinski definition) is 0. The lowest BCUT2D eigenvalue weighted by atomic mass is 10.2. The molecule has 0 N–H and O–H groups in total. The van der Waals surface area contributed by atoms with Gasteiger partial charge in [0.2, 0.25) is 0 Å². The molecule has 0 bridgehead atoms. The van der Waals surface area contributed by atoms with Crippen LogP contribution in [0.2, 0.25) is 0 Å². The highest BCUT2D eigenvalue weighted by Crippen LogP contribution is 2.12. The van der Waals surface area contributed by atoms with Crippen LogP contribution in [-0.2, 0) is 0 Å². The van der Waals surface area contributed by atoms with Crippen molar-refractivity contribution in [2.45, 2.75) is 0 Å². The minimum atomic E-state index is 1.18. The maximum Gasteiger partial charge on any atom is -0.0578 e. The van der Waals surface area contributed by atoms with Gasteiger partial charge in [-0.15, -0.1) is 19.3 Å². The van der Waals surface area contributed by atoms with Gasteiger partial charge in [-0.2, -0.15) is 0 Å². The first-order chi connectivity index (χ1) is 4.88. The lowest BCUT2D eigenvalue weighted by molar-refractivity contribution is 1.14. The molecule has 0 spiro atoms. The van der Waals surface area contributed by atoms with E-state index in [1.807, 2.05) is 22.9 Å². The maximum atomic E-state index is 3.83. The molecule has 0 aliphatic carbocycles. The van der Waals surface area contributed by atoms with Crippen molar-refractivity contribution in [3.8, 4) is 0 Å². The zero-order valence-corrected chi connectivity index (χ0v) is 5.62. The van der Waals surface area contributed by atoms with Gasteiger partial charge in [-0.05, 0) is 0 Å². The maximum absolute atomic E-state index is 3.83. The second-order valence-corrected chi connectivity index (χ2v) is 2.34. The van der Waals surface area contributed by atoms with E-state index in [0.717, 1.165) is 0 Å². The molecule has 0 atom stereocenters. The second-order valence-electron chi connectivity index (χ2n) is 2.34. The summed E-state index contributed by atoms with van der Waals surface area (Å²) in [6, 6.07) is 10.2. The number of aromatic nitrogens is 1. The number of rotatable bonds is 0. The van der Waals surface area contributed by atoms with Gasteiger partial charge in [-0.1, -0.05) is 35.2 Å². The van der Waals surface area contributed by atoms with E-state index in [0.29, 0.717) is 0 Å². The molecule has 1 aromatic carbocycles. The predicted molar refractivity (Wildman–Crippen MR) is 42.7 cm³/mol. The van der Waals surface area contributed by atoms with Crippen LogP contribution in [-0.4, -0.2) is 4.57 Å². The van der Waals surface area contributed by atoms with Gasteiger partial charge in [0.25, 0.3) is 0 Å². The third-order valence-electron chi connectivity index (χ3n) is 1.68. The van der Waals surface area contributed by atoms with Crippen LogP contribution in [0.3, 0.4) is 0 Å². The van der Waals surface area contributed by atoms with Gasteiger partial charge in [-0.25, -0.2) is 0 Å². The molecule has 0 radical (unpaired) electrons. The SMILES string of the molecule is [CH2-]n1ccc2ccccc21. The summed E-state index contributed by atoms with van der Waals surface area (Å²) in [4.78, 5) is 0. The third kappa shape index (κ3) is 0.605. The summed E-state index contributed by atoms with van der Waals surface area (Å²) in [6.07, 6.45) is 1.96. The minimum Gasteiger partial charge on any atom is -0.487 e. The topological polar surface area (TPSA) is 4.93 Å². The Balaban J connectivity index is 2.93. The zero-order valence-electron chi connectivity index (χ0n) is 5.62. The standard InChI is InChI=1S/C9H8N/c1-10-7-6-8-4-2-3-5-9(8)10/h2-7H,1H2/q-1. The first-order valence-electron chi connectivity index (χ1n) is 3.25. The van der Waals surface area contributed by atoms with E-state index in [9.17, 15) is 0 Å². The van der Waals surface area contributed by atoms with E-state index >= 15 is 0 Å². The fourth-order valence-corrected chi connectivity index (χ4v) is 1.14. The summed E-state index contributed by atoms with van der Waals surface area (Å²) in [7, 11) is 3.83. The molecule has 0 saturated carbocycles. The largest absolute Gasteiger partial charge is 0.487 e. The first kappa shape index (κ1) is 5.42. The summed E-state index contributed by atoms with van der Waals surface area (Å²) in [6.45, 7) is 0. The minimum absolute atomic E-state index is 1.18. The molecule has 0 saturated heterocycles. The van der Waals surface area contributed by atoms with Crippen LogP contribution >= 0.6 is 0 Å². The Kier molecular flexibility index (Phi) is 0.978. The van der Waals surface area contributed by atoms with Gasteiger partial charge in [0.1, 0.15) is 0 Å². The smallest absolute Gasteiger partial charge is 0.0578 e. The van der Waals surface area contributed by atoms with Crippen LogP contribution in [0.1, 0.15) is 0 Å². The van der Waals surface area contributed by atoms with Crippen molar-refractivity contribution in [3.63, 3.8) is 0 Å². The highest BCUT2D eigenvalue weighted by Gasteiger charge is 1.84. The highest BCUT2D eigenvalue weighted by atomic mass is 14.9. The van der Waals surface area contributed by atoms with Crippen molar-refractivity contribution in [3.05, 3.63) is 43.6 Å². The summed E-state index contributed by atoms with van der Waals surface area (Å²) < 4.78 is 1.87. The molecule has 0 amide bonds. The highest BCUT2D eigenvalue weighted by molar-refractivity contribution is 5.80. The van der Waals surface area contributed by atoms with Gasteiger partial charge in [0.15, 0.2) is 0 Å². The van der Waals surface area contributed by atoms with Crippen molar-refractivity contribution < 1.29 is 0 Å². The number of para-hydroxylation sites is 1. The molecule has 1 heterocycles. The Morgan fingerprint density at radius 1 is 1.10 bits per heavy atom. The van der Waals surface area contributed by atoms with Gasteiger partial charge in [0, 0.05) is 0 Å². The summed E-state index contributed by atoms with van der Waals surface area (Å²) in [5.41, 5.74) is 1.18. The molecular weight excluding hydrogens is 122 g/mol. The molecule has 0 aliphatic heterocycles. The molecular formula is C9H8N-. The Morgan fingerprint density at radius 3 is 2.70 bits per heavy atom. The van der Waals surface area contributed by atoms with Crippen LogP contribution in [0.5, 0.6) is 0 Å². The van der Waals surface area contributed by atoms with E-state index in [-0.39, 0.29) is 0 Å². The quantitative estimate of drug-likeness (QED) is 0.482. The van der Waals surface area contributed by atoms with Crippen molar-refractivity contribution in [1.29, 1.82) is 0 Å². The Hall–Kier alpha value is -1.37. The number of nitrogens with zero attached hydrogens (tertiary/aromatic N) is 1. The van der Waals surface area contributed by atoms with E-state index in [4.69, 9.17) is 0 Å². The summed E-state index contributed by atoms with van der Waals surface area (Å²) >= 11 is 0. The third-order valence-corrected chi connectivity index (χ3v) is 1.68. The average Bonchev–Trinajstić information content (AvgIpc) is 2.34. The van der Waals surface area contributed by atoms with E-state index < -0.39 is 0 Å². The fourth-order valence-electron chi connectivity index (χ4n) is 1.14. The van der Waals surface area contributed by atoms with Crippen LogP contribution in [0.25, 0.3) is 10.9 Å². The first-order valence-corrected chi connectivity index (χ1v) is 3.25. The van der Waals surface area contributed by atoms with Crippen LogP contribution in [0.15, 0.2) is 36.5 Å². The van der Waals surface area contributed by atoms with E-state index in [1.54, 1.807) is 0 Å². The fraction of sp³-hybridized carbons (Fsp3) is 0. The molecule has 1 heteroatoms. The zero-order chi connectivity index (χ0) is 6.97. The number of fused-ring (bicyclic) bond motifs is 1. The normalized spacial score (nSPS) is 10.4. The van der Waals surface area contributed by atoms with Crippen molar-refractivity contribution >= 4 is 10.9 Å². The molecule has 10 heavy (non-hydrogen) atoms. The van der Waals surface area contributed by atoms with Gasteiger partial charge in [-0.3, -0.25) is 0 Å². The monoisotopic (exact) mass is 130 g/mol. The molecule has 50 valence electrons. The van der Waals surface area contributed by atoms with Crippen molar-refractivity contribution in [1.82, 2.24) is 4.57 Å². The van der Waals surface area contributed by atoms with Gasteiger partial charge in [0.05, 0.1) is 0 Å². The average molecular weight is 130 g/mol. The lowest BCUT2D eigenvalue weighted by Gasteiger charge is -2.02. The van der Waals surface area contributed by atoms with Gasteiger partial charge >= 0.3 is 0 Å². The second kappa shape index (κ2) is 1.81. The lowest BCUT2D eigenvalue weighted by Crippen LogP contribution is -1.78. The van der Waals surface area contributed by atoms with Crippen molar-refractivity contribution in [2.75, 3.05) is 0 Å². The van der Waals surface area contributed by atoms with Crippen LogP contribution in [0.4, 0.5) is 0 Å². The molecule has 0 aliphatic rings. The number of hydrogen-bond acceptors (Lipinski definition) is 0. The molecule has 2 aromatic rings. The Labute approximate surface area is 59.9 Å². The summed E-state index contributed by atoms with van der Waals surface area (Å²) in [5.74, 6) is 0.